The molecular formula is C18H15ClN2O3. The lowest BCUT2D eigenvalue weighted by atomic mass is 10.1. The van der Waals surface area contributed by atoms with E-state index in [1.165, 1.54) is 0 Å². The first kappa shape index (κ1) is 16.1. The molecule has 3 rings (SSSR count). The van der Waals surface area contributed by atoms with E-state index in [-0.39, 0.29) is 5.76 Å². The zero-order chi connectivity index (χ0) is 17.3. The van der Waals surface area contributed by atoms with Gasteiger partial charge >= 0.3 is 5.91 Å². The van der Waals surface area contributed by atoms with Crippen molar-refractivity contribution in [3.8, 4) is 0 Å². The Morgan fingerprint density at radius 3 is 2.46 bits per heavy atom. The number of amides is 2. The highest BCUT2D eigenvalue weighted by Crippen LogP contribution is 2.27. The van der Waals surface area contributed by atoms with E-state index in [0.29, 0.717) is 21.7 Å². The number of hydrogen-bond acceptors (Lipinski definition) is 3. The fourth-order valence-electron chi connectivity index (χ4n) is 2.48. The van der Waals surface area contributed by atoms with E-state index in [1.807, 2.05) is 19.1 Å². The summed E-state index contributed by atoms with van der Waals surface area (Å²) in [5.74, 6) is -0.780. The Kier molecular flexibility index (Phi) is 4.27. The summed E-state index contributed by atoms with van der Waals surface area (Å²) in [5, 5.41) is 1.32. The number of carbonyl (C=O) groups is 2. The molecule has 0 unspecified atom stereocenters. The molecule has 6 heteroatoms. The molecule has 24 heavy (non-hydrogen) atoms. The van der Waals surface area contributed by atoms with Crippen LogP contribution in [0.5, 0.6) is 0 Å². The van der Waals surface area contributed by atoms with Gasteiger partial charge in [0.1, 0.15) is 5.58 Å². The lowest BCUT2D eigenvalue weighted by Gasteiger charge is -2.08. The molecule has 5 nitrogen and oxygen atoms in total. The van der Waals surface area contributed by atoms with Crippen molar-refractivity contribution in [2.75, 3.05) is 0 Å². The number of benzene rings is 2. The quantitative estimate of drug-likeness (QED) is 0.696. The Balaban J connectivity index is 1.77. The smallest absolute Gasteiger partial charge is 0.305 e. The molecule has 3 aromatic rings. The van der Waals surface area contributed by atoms with Crippen molar-refractivity contribution in [3.05, 3.63) is 69.9 Å². The number of hydrogen-bond donors (Lipinski definition) is 2. The van der Waals surface area contributed by atoms with Gasteiger partial charge in [-0.3, -0.25) is 20.4 Å². The molecule has 0 bridgehead atoms. The second kappa shape index (κ2) is 6.37. The predicted octanol–water partition coefficient (Wildman–Crippen LogP) is 3.78. The molecule has 1 heterocycles. The molecule has 0 saturated heterocycles. The molecule has 122 valence electrons. The maximum Gasteiger partial charge on any atom is 0.305 e. The third-order valence-electron chi connectivity index (χ3n) is 3.78. The Hall–Kier alpha value is -2.79. The van der Waals surface area contributed by atoms with Crippen LogP contribution in [-0.4, -0.2) is 11.8 Å². The van der Waals surface area contributed by atoms with Crippen molar-refractivity contribution in [3.63, 3.8) is 0 Å². The molecule has 2 amide bonds. The minimum absolute atomic E-state index is 0.136. The fraction of sp³-hybridized carbons (Fsp3) is 0.111. The van der Waals surface area contributed by atoms with Crippen LogP contribution < -0.4 is 10.9 Å². The summed E-state index contributed by atoms with van der Waals surface area (Å²) in [7, 11) is 0. The third kappa shape index (κ3) is 2.98. The minimum atomic E-state index is -0.526. The predicted molar refractivity (Wildman–Crippen MR) is 92.1 cm³/mol. The summed E-state index contributed by atoms with van der Waals surface area (Å²) in [5.41, 5.74) is 7.31. The molecule has 0 radical (unpaired) electrons. The number of fused-ring (bicyclic) bond motifs is 1. The minimum Gasteiger partial charge on any atom is -0.451 e. The molecule has 2 N–H and O–H groups in total. The summed E-state index contributed by atoms with van der Waals surface area (Å²) < 4.78 is 5.56. The highest BCUT2D eigenvalue weighted by Gasteiger charge is 2.18. The van der Waals surface area contributed by atoms with Crippen LogP contribution in [0.3, 0.4) is 0 Å². The molecule has 2 aromatic carbocycles. The lowest BCUT2D eigenvalue weighted by Crippen LogP contribution is -2.41. The van der Waals surface area contributed by atoms with Crippen molar-refractivity contribution >= 4 is 34.4 Å². The normalized spacial score (nSPS) is 10.6. The summed E-state index contributed by atoms with van der Waals surface area (Å²) in [6.07, 6.45) is 0. The van der Waals surface area contributed by atoms with Gasteiger partial charge in [-0.05, 0) is 43.7 Å². The molecule has 0 aliphatic heterocycles. The van der Waals surface area contributed by atoms with Gasteiger partial charge in [0.25, 0.3) is 5.91 Å². The van der Waals surface area contributed by atoms with Gasteiger partial charge in [-0.25, -0.2) is 0 Å². The third-order valence-corrected chi connectivity index (χ3v) is 4.02. The van der Waals surface area contributed by atoms with Gasteiger partial charge < -0.3 is 4.42 Å². The summed E-state index contributed by atoms with van der Waals surface area (Å²) in [4.78, 5) is 24.4. The molecule has 0 saturated carbocycles. The van der Waals surface area contributed by atoms with E-state index in [2.05, 4.69) is 10.9 Å². The number of aryl methyl sites for hydroxylation is 2. The van der Waals surface area contributed by atoms with Crippen molar-refractivity contribution in [2.24, 2.45) is 0 Å². The van der Waals surface area contributed by atoms with Gasteiger partial charge in [0, 0.05) is 21.5 Å². The number of rotatable bonds is 2. The van der Waals surface area contributed by atoms with E-state index >= 15 is 0 Å². The van der Waals surface area contributed by atoms with Gasteiger partial charge in [-0.2, -0.15) is 0 Å². The van der Waals surface area contributed by atoms with Crippen LogP contribution in [-0.2, 0) is 0 Å². The molecule has 1 aromatic heterocycles. The van der Waals surface area contributed by atoms with Crippen LogP contribution in [0, 0.1) is 13.8 Å². The Labute approximate surface area is 143 Å². The Bertz CT molecular complexity index is 947. The zero-order valence-corrected chi connectivity index (χ0v) is 13.9. The van der Waals surface area contributed by atoms with Crippen molar-refractivity contribution in [1.29, 1.82) is 0 Å². The maximum absolute atomic E-state index is 12.3. The number of hydrazine groups is 1. The van der Waals surface area contributed by atoms with E-state index in [4.69, 9.17) is 16.0 Å². The first-order valence-electron chi connectivity index (χ1n) is 7.32. The summed E-state index contributed by atoms with van der Waals surface area (Å²) in [6.45, 7) is 3.59. The highest BCUT2D eigenvalue weighted by molar-refractivity contribution is 6.31. The fourth-order valence-corrected chi connectivity index (χ4v) is 2.65. The zero-order valence-electron chi connectivity index (χ0n) is 13.1. The van der Waals surface area contributed by atoms with Crippen LogP contribution in [0.15, 0.2) is 46.9 Å². The monoisotopic (exact) mass is 342 g/mol. The SMILES string of the molecule is Cc1ccccc1C(=O)NNC(=O)c1oc2ccc(Cl)cc2c1C. The highest BCUT2D eigenvalue weighted by atomic mass is 35.5. The average Bonchev–Trinajstić information content (AvgIpc) is 2.89. The lowest BCUT2D eigenvalue weighted by molar-refractivity contribution is 0.0831. The average molecular weight is 343 g/mol. The number of carbonyl (C=O) groups excluding carboxylic acids is 2. The van der Waals surface area contributed by atoms with E-state index in [1.54, 1.807) is 37.3 Å². The number of nitrogens with one attached hydrogen (secondary N) is 2. The van der Waals surface area contributed by atoms with E-state index in [9.17, 15) is 9.59 Å². The van der Waals surface area contributed by atoms with Crippen molar-refractivity contribution in [2.45, 2.75) is 13.8 Å². The maximum atomic E-state index is 12.3. The van der Waals surface area contributed by atoms with Gasteiger partial charge in [0.2, 0.25) is 0 Å². The number of halogens is 1. The Morgan fingerprint density at radius 2 is 1.71 bits per heavy atom. The summed E-state index contributed by atoms with van der Waals surface area (Å²) >= 11 is 5.97. The van der Waals surface area contributed by atoms with Crippen molar-refractivity contribution in [1.82, 2.24) is 10.9 Å². The first-order valence-corrected chi connectivity index (χ1v) is 7.70. The number of furan rings is 1. The largest absolute Gasteiger partial charge is 0.451 e. The molecule has 0 atom stereocenters. The van der Waals surface area contributed by atoms with Gasteiger partial charge in [0.05, 0.1) is 0 Å². The molecular weight excluding hydrogens is 328 g/mol. The standard InChI is InChI=1S/C18H15ClN2O3/c1-10-5-3-4-6-13(10)17(22)20-21-18(23)16-11(2)14-9-12(19)7-8-15(14)24-16/h3-9H,1-2H3,(H,20,22)(H,21,23). The van der Waals surface area contributed by atoms with Gasteiger partial charge in [0.15, 0.2) is 5.76 Å². The van der Waals surface area contributed by atoms with Crippen LogP contribution in [0.1, 0.15) is 32.0 Å². The van der Waals surface area contributed by atoms with Crippen LogP contribution in [0.2, 0.25) is 5.02 Å². The van der Waals surface area contributed by atoms with Crippen LogP contribution >= 0.6 is 11.6 Å². The van der Waals surface area contributed by atoms with E-state index in [0.717, 1.165) is 10.9 Å². The van der Waals surface area contributed by atoms with Gasteiger partial charge in [-0.1, -0.05) is 29.8 Å². The molecule has 0 spiro atoms. The summed E-state index contributed by atoms with van der Waals surface area (Å²) in [6, 6.07) is 12.2. The first-order chi connectivity index (χ1) is 11.5. The topological polar surface area (TPSA) is 71.3 Å². The second-order valence-electron chi connectivity index (χ2n) is 5.42. The van der Waals surface area contributed by atoms with Crippen LogP contribution in [0.4, 0.5) is 0 Å². The second-order valence-corrected chi connectivity index (χ2v) is 5.86. The Morgan fingerprint density at radius 1 is 1.00 bits per heavy atom. The molecule has 0 aliphatic carbocycles. The van der Waals surface area contributed by atoms with E-state index < -0.39 is 11.8 Å². The van der Waals surface area contributed by atoms with Crippen molar-refractivity contribution < 1.29 is 14.0 Å². The molecule has 0 fully saturated rings. The van der Waals surface area contributed by atoms with Gasteiger partial charge in [-0.15, -0.1) is 0 Å². The molecule has 0 aliphatic rings. The van der Waals surface area contributed by atoms with Crippen LogP contribution in [0.25, 0.3) is 11.0 Å².